The van der Waals surface area contributed by atoms with Crippen molar-refractivity contribution in [3.8, 4) is 0 Å². The van der Waals surface area contributed by atoms with Gasteiger partial charge in [0.1, 0.15) is 11.6 Å². The molecule has 3 heterocycles. The van der Waals surface area contributed by atoms with Crippen LogP contribution in [0.3, 0.4) is 0 Å². The largest absolute Gasteiger partial charge is 0.378 e. The van der Waals surface area contributed by atoms with Crippen LogP contribution in [0.2, 0.25) is 5.02 Å². The van der Waals surface area contributed by atoms with Gasteiger partial charge >= 0.3 is 0 Å². The second kappa shape index (κ2) is 11.9. The number of nitrogens with one attached hydrogen (secondary N) is 2. The first-order chi connectivity index (χ1) is 17.6. The molecule has 194 valence electrons. The van der Waals surface area contributed by atoms with Gasteiger partial charge in [0.05, 0.1) is 13.2 Å². The van der Waals surface area contributed by atoms with E-state index in [9.17, 15) is 0 Å². The Bertz CT molecular complexity index is 981. The predicted octanol–water partition coefficient (Wildman–Crippen LogP) is 5.15. The molecule has 1 aromatic carbocycles. The van der Waals surface area contributed by atoms with Crippen molar-refractivity contribution in [2.24, 2.45) is 0 Å². The normalized spacial score (nSPS) is 20.1. The van der Waals surface area contributed by atoms with Crippen LogP contribution in [0.4, 0.5) is 17.6 Å². The summed E-state index contributed by atoms with van der Waals surface area (Å²) in [5.41, 5.74) is 1.39. The van der Waals surface area contributed by atoms with Crippen molar-refractivity contribution in [2.75, 3.05) is 61.1 Å². The minimum absolute atomic E-state index is 0.0596. The van der Waals surface area contributed by atoms with Crippen molar-refractivity contribution in [3.05, 3.63) is 40.9 Å². The van der Waals surface area contributed by atoms with Gasteiger partial charge in [-0.3, -0.25) is 0 Å². The lowest BCUT2D eigenvalue weighted by atomic mass is 9.69. The van der Waals surface area contributed by atoms with E-state index in [-0.39, 0.29) is 5.41 Å². The third kappa shape index (κ3) is 6.21. The van der Waals surface area contributed by atoms with Gasteiger partial charge in [-0.1, -0.05) is 43.0 Å². The van der Waals surface area contributed by atoms with Gasteiger partial charge in [-0.15, -0.1) is 0 Å². The van der Waals surface area contributed by atoms with Crippen LogP contribution in [0.15, 0.2) is 30.3 Å². The molecule has 36 heavy (non-hydrogen) atoms. The Balaban J connectivity index is 1.31. The summed E-state index contributed by atoms with van der Waals surface area (Å²) in [6.45, 7) is 5.96. The standard InChI is InChI=1S/C27H37ClN6OS/c28-22-9-7-21(8-10-22)27(11-3-1-4-12-27)20-29-26(36)32-25-30-23(33-13-5-2-6-14-33)19-24(31-25)34-15-17-35-18-16-34/h7-10,19H,1-6,11-18,20H2,(H2,29,30,31,32,36). The molecule has 9 heteroatoms. The number of rotatable bonds is 6. The summed E-state index contributed by atoms with van der Waals surface area (Å²) in [7, 11) is 0. The first kappa shape index (κ1) is 25.5. The van der Waals surface area contributed by atoms with Crippen LogP contribution in [0.25, 0.3) is 0 Å². The van der Waals surface area contributed by atoms with E-state index in [1.165, 1.54) is 44.1 Å². The summed E-state index contributed by atoms with van der Waals surface area (Å²) in [5, 5.41) is 8.17. The zero-order valence-corrected chi connectivity index (χ0v) is 22.5. The van der Waals surface area contributed by atoms with E-state index < -0.39 is 0 Å². The van der Waals surface area contributed by atoms with Crippen LogP contribution in [0.1, 0.15) is 56.9 Å². The van der Waals surface area contributed by atoms with Crippen LogP contribution in [0, 0.1) is 0 Å². The lowest BCUT2D eigenvalue weighted by Crippen LogP contribution is -2.43. The summed E-state index contributed by atoms with van der Waals surface area (Å²) >= 11 is 11.9. The number of hydrogen-bond acceptors (Lipinski definition) is 6. The van der Waals surface area contributed by atoms with Crippen LogP contribution in [0.5, 0.6) is 0 Å². The molecule has 0 unspecified atom stereocenters. The van der Waals surface area contributed by atoms with Crippen LogP contribution in [-0.2, 0) is 10.2 Å². The van der Waals surface area contributed by atoms with Crippen molar-refractivity contribution in [1.82, 2.24) is 15.3 Å². The predicted molar refractivity (Wildman–Crippen MR) is 152 cm³/mol. The highest BCUT2D eigenvalue weighted by molar-refractivity contribution is 7.80. The van der Waals surface area contributed by atoms with Gasteiger partial charge in [-0.05, 0) is 62.0 Å². The Morgan fingerprint density at radius 1 is 0.889 bits per heavy atom. The van der Waals surface area contributed by atoms with Gasteiger partial charge < -0.3 is 25.2 Å². The molecule has 1 aromatic heterocycles. The summed E-state index contributed by atoms with van der Waals surface area (Å²) in [5.74, 6) is 2.46. The van der Waals surface area contributed by atoms with Crippen molar-refractivity contribution in [3.63, 3.8) is 0 Å². The number of piperidine rings is 1. The van der Waals surface area contributed by atoms with E-state index in [1.54, 1.807) is 0 Å². The SMILES string of the molecule is S=C(NCC1(c2ccc(Cl)cc2)CCCCC1)Nc1nc(N2CCCCC2)cc(N2CCOCC2)n1. The smallest absolute Gasteiger partial charge is 0.232 e. The minimum atomic E-state index is 0.0596. The molecule has 0 spiro atoms. The first-order valence-electron chi connectivity index (χ1n) is 13.4. The van der Waals surface area contributed by atoms with Crippen LogP contribution < -0.4 is 20.4 Å². The summed E-state index contributed by atoms with van der Waals surface area (Å²) in [6.07, 6.45) is 9.73. The number of halogens is 1. The molecule has 0 amide bonds. The van der Waals surface area contributed by atoms with Crippen molar-refractivity contribution >= 4 is 46.5 Å². The highest BCUT2D eigenvalue weighted by Crippen LogP contribution is 2.39. The Labute approximate surface area is 225 Å². The number of ether oxygens (including phenoxy) is 1. The number of nitrogens with zero attached hydrogens (tertiary/aromatic N) is 4. The molecular weight excluding hydrogens is 492 g/mol. The minimum Gasteiger partial charge on any atom is -0.378 e. The molecule has 3 fully saturated rings. The van der Waals surface area contributed by atoms with Crippen LogP contribution >= 0.6 is 23.8 Å². The van der Waals surface area contributed by atoms with Gasteiger partial charge in [0.15, 0.2) is 5.11 Å². The monoisotopic (exact) mass is 528 g/mol. The van der Waals surface area contributed by atoms with E-state index in [0.717, 1.165) is 75.4 Å². The average Bonchev–Trinajstić information content (AvgIpc) is 2.93. The Morgan fingerprint density at radius 2 is 1.50 bits per heavy atom. The molecule has 0 atom stereocenters. The second-order valence-electron chi connectivity index (χ2n) is 10.2. The number of hydrogen-bond donors (Lipinski definition) is 2. The third-order valence-electron chi connectivity index (χ3n) is 7.79. The number of benzene rings is 1. The lowest BCUT2D eigenvalue weighted by molar-refractivity contribution is 0.122. The van der Waals surface area contributed by atoms with E-state index in [4.69, 9.17) is 38.5 Å². The molecular formula is C27H37ClN6OS. The summed E-state index contributed by atoms with van der Waals surface area (Å²) in [6, 6.07) is 10.5. The van der Waals surface area contributed by atoms with Crippen molar-refractivity contribution in [2.45, 2.75) is 56.8 Å². The zero-order chi connectivity index (χ0) is 24.8. The number of anilines is 3. The Hall–Kier alpha value is -2.16. The van der Waals surface area contributed by atoms with Gasteiger partial charge in [-0.2, -0.15) is 9.97 Å². The summed E-state index contributed by atoms with van der Waals surface area (Å²) in [4.78, 5) is 14.4. The summed E-state index contributed by atoms with van der Waals surface area (Å²) < 4.78 is 5.56. The molecule has 0 bridgehead atoms. The number of thiocarbonyl (C=S) groups is 1. The molecule has 3 aliphatic rings. The van der Waals surface area contributed by atoms with E-state index in [2.05, 4.69) is 38.6 Å². The zero-order valence-electron chi connectivity index (χ0n) is 21.0. The fraction of sp³-hybridized carbons (Fsp3) is 0.593. The molecule has 0 radical (unpaired) electrons. The molecule has 7 nitrogen and oxygen atoms in total. The van der Waals surface area contributed by atoms with Gasteiger partial charge in [0, 0.05) is 49.2 Å². The maximum atomic E-state index is 6.18. The first-order valence-corrected chi connectivity index (χ1v) is 14.2. The molecule has 2 aliphatic heterocycles. The lowest BCUT2D eigenvalue weighted by Gasteiger charge is -2.38. The van der Waals surface area contributed by atoms with E-state index in [1.807, 2.05) is 12.1 Å². The molecule has 2 saturated heterocycles. The second-order valence-corrected chi connectivity index (χ2v) is 11.1. The number of aromatic nitrogens is 2. The molecule has 1 saturated carbocycles. The maximum absolute atomic E-state index is 6.18. The quantitative estimate of drug-likeness (QED) is 0.499. The Morgan fingerprint density at radius 3 is 2.17 bits per heavy atom. The van der Waals surface area contributed by atoms with E-state index >= 15 is 0 Å². The third-order valence-corrected chi connectivity index (χ3v) is 8.29. The Kier molecular flexibility index (Phi) is 8.44. The maximum Gasteiger partial charge on any atom is 0.232 e. The van der Waals surface area contributed by atoms with E-state index in [0.29, 0.717) is 11.1 Å². The van der Waals surface area contributed by atoms with Crippen molar-refractivity contribution in [1.29, 1.82) is 0 Å². The van der Waals surface area contributed by atoms with Crippen molar-refractivity contribution < 1.29 is 4.74 Å². The molecule has 5 rings (SSSR count). The molecule has 2 N–H and O–H groups in total. The molecule has 2 aromatic rings. The van der Waals surface area contributed by atoms with Gasteiger partial charge in [0.25, 0.3) is 0 Å². The molecule has 1 aliphatic carbocycles. The topological polar surface area (TPSA) is 65.6 Å². The highest BCUT2D eigenvalue weighted by Gasteiger charge is 2.34. The fourth-order valence-corrected chi connectivity index (χ4v) is 6.00. The highest BCUT2D eigenvalue weighted by atomic mass is 35.5. The van der Waals surface area contributed by atoms with Gasteiger partial charge in [-0.25, -0.2) is 0 Å². The average molecular weight is 529 g/mol. The number of morpholine rings is 1. The fourth-order valence-electron chi connectivity index (χ4n) is 5.71. The van der Waals surface area contributed by atoms with Crippen LogP contribution in [-0.4, -0.2) is 61.0 Å². The van der Waals surface area contributed by atoms with Gasteiger partial charge in [0.2, 0.25) is 5.95 Å².